The summed E-state index contributed by atoms with van der Waals surface area (Å²) >= 11 is 0. The zero-order valence-electron chi connectivity index (χ0n) is 17.2. The number of benzene rings is 1. The molecule has 1 aliphatic carbocycles. The smallest absolute Gasteiger partial charge is 0.383 e. The molecule has 0 aliphatic heterocycles. The zero-order chi connectivity index (χ0) is 22.7. The normalized spacial score (nSPS) is 13.1. The van der Waals surface area contributed by atoms with E-state index in [0.717, 1.165) is 29.7 Å². The molecular formula is C21H21F3N6O2. The number of nitrogens with zero attached hydrogens (tertiary/aromatic N) is 3. The van der Waals surface area contributed by atoms with Crippen LogP contribution in [0.15, 0.2) is 30.5 Å². The Kier molecular flexibility index (Phi) is 6.08. The first-order valence-corrected chi connectivity index (χ1v) is 10.0. The number of halogens is 3. The van der Waals surface area contributed by atoms with Gasteiger partial charge in [0.2, 0.25) is 5.95 Å². The maximum absolute atomic E-state index is 13.0. The van der Waals surface area contributed by atoms with Crippen LogP contribution in [0.1, 0.15) is 33.6 Å². The molecule has 2 aromatic heterocycles. The first-order chi connectivity index (χ1) is 15.4. The van der Waals surface area contributed by atoms with Crippen LogP contribution >= 0.6 is 0 Å². The number of H-pyrrole nitrogens is 1. The van der Waals surface area contributed by atoms with Gasteiger partial charge in [-0.2, -0.15) is 18.3 Å². The van der Waals surface area contributed by atoms with E-state index in [-0.39, 0.29) is 17.5 Å². The number of alkyl halides is 3. The predicted molar refractivity (Wildman–Crippen MR) is 111 cm³/mol. The Labute approximate surface area is 181 Å². The first kappa shape index (κ1) is 21.8. The molecular weight excluding hydrogens is 425 g/mol. The van der Waals surface area contributed by atoms with Gasteiger partial charge in [-0.3, -0.25) is 9.89 Å². The fourth-order valence-electron chi connectivity index (χ4n) is 3.56. The van der Waals surface area contributed by atoms with Gasteiger partial charge in [0.05, 0.1) is 17.9 Å². The number of hydrogen-bond donors (Lipinski definition) is 3. The zero-order valence-corrected chi connectivity index (χ0v) is 17.2. The molecule has 1 amide bonds. The van der Waals surface area contributed by atoms with Gasteiger partial charge in [0, 0.05) is 31.1 Å². The van der Waals surface area contributed by atoms with Gasteiger partial charge in [-0.25, -0.2) is 9.97 Å². The molecule has 0 atom stereocenters. The number of methoxy groups -OCH3 is 1. The number of carbonyl (C=O) groups excluding carboxylic acids is 1. The van der Waals surface area contributed by atoms with E-state index >= 15 is 0 Å². The molecule has 1 aliphatic rings. The van der Waals surface area contributed by atoms with Crippen LogP contribution in [0.25, 0.3) is 11.4 Å². The second kappa shape index (κ2) is 8.95. The van der Waals surface area contributed by atoms with Crippen molar-refractivity contribution in [2.75, 3.05) is 25.6 Å². The van der Waals surface area contributed by atoms with Crippen molar-refractivity contribution in [3.63, 3.8) is 0 Å². The Bertz CT molecular complexity index is 1130. The molecule has 3 aromatic rings. The summed E-state index contributed by atoms with van der Waals surface area (Å²) in [6.07, 6.45) is -0.704. The number of aryl methyl sites for hydroxylation is 1. The van der Waals surface area contributed by atoms with Gasteiger partial charge in [0.15, 0.2) is 0 Å². The van der Waals surface area contributed by atoms with E-state index in [1.54, 1.807) is 13.3 Å². The number of ether oxygens (including phenoxy) is 1. The van der Waals surface area contributed by atoms with Crippen LogP contribution in [0.2, 0.25) is 0 Å². The summed E-state index contributed by atoms with van der Waals surface area (Å²) in [4.78, 5) is 21.3. The second-order valence-corrected chi connectivity index (χ2v) is 7.30. The Hall–Kier alpha value is -3.47. The number of hydrogen-bond acceptors (Lipinski definition) is 6. The molecule has 11 heteroatoms. The summed E-state index contributed by atoms with van der Waals surface area (Å²) in [5, 5.41) is 12.7. The van der Waals surface area contributed by atoms with Gasteiger partial charge in [0.25, 0.3) is 5.91 Å². The third-order valence-electron chi connectivity index (χ3n) is 5.09. The van der Waals surface area contributed by atoms with E-state index < -0.39 is 11.7 Å². The van der Waals surface area contributed by atoms with Gasteiger partial charge in [-0.15, -0.1) is 0 Å². The average molecular weight is 446 g/mol. The molecule has 0 fully saturated rings. The van der Waals surface area contributed by atoms with Crippen molar-refractivity contribution in [1.82, 2.24) is 25.5 Å². The van der Waals surface area contributed by atoms with Crippen LogP contribution in [0.5, 0.6) is 0 Å². The maximum atomic E-state index is 13.0. The molecule has 4 rings (SSSR count). The Morgan fingerprint density at radius 3 is 2.88 bits per heavy atom. The Morgan fingerprint density at radius 2 is 2.09 bits per heavy atom. The predicted octanol–water partition coefficient (Wildman–Crippen LogP) is 3.49. The summed E-state index contributed by atoms with van der Waals surface area (Å²) in [6, 6.07) is 4.82. The summed E-state index contributed by atoms with van der Waals surface area (Å²) in [7, 11) is 1.55. The van der Waals surface area contributed by atoms with E-state index in [4.69, 9.17) is 4.74 Å². The third kappa shape index (κ3) is 4.57. The number of rotatable bonds is 6. The van der Waals surface area contributed by atoms with Crippen molar-refractivity contribution in [2.24, 2.45) is 0 Å². The minimum absolute atomic E-state index is 0.144. The lowest BCUT2D eigenvalue weighted by molar-refractivity contribution is -0.137. The summed E-state index contributed by atoms with van der Waals surface area (Å²) in [6.45, 7) is 0.760. The lowest BCUT2D eigenvalue weighted by atomic mass is 10.1. The number of aromatic nitrogens is 4. The largest absolute Gasteiger partial charge is 0.416 e. The van der Waals surface area contributed by atoms with E-state index in [9.17, 15) is 18.0 Å². The molecule has 0 radical (unpaired) electrons. The fraction of sp³-hybridized carbons (Fsp3) is 0.333. The van der Waals surface area contributed by atoms with Crippen molar-refractivity contribution in [2.45, 2.75) is 25.4 Å². The maximum Gasteiger partial charge on any atom is 0.416 e. The highest BCUT2D eigenvalue weighted by molar-refractivity contribution is 5.95. The molecule has 8 nitrogen and oxygen atoms in total. The van der Waals surface area contributed by atoms with Gasteiger partial charge in [0.1, 0.15) is 11.4 Å². The van der Waals surface area contributed by atoms with Gasteiger partial charge in [-0.1, -0.05) is 6.07 Å². The number of fused-ring (bicyclic) bond motifs is 3. The van der Waals surface area contributed by atoms with E-state index in [1.165, 1.54) is 12.1 Å². The molecule has 2 heterocycles. The fourth-order valence-corrected chi connectivity index (χ4v) is 3.56. The van der Waals surface area contributed by atoms with Gasteiger partial charge in [-0.05, 0) is 43.0 Å². The van der Waals surface area contributed by atoms with Crippen molar-refractivity contribution in [1.29, 1.82) is 0 Å². The number of amides is 1. The monoisotopic (exact) mass is 446 g/mol. The second-order valence-electron chi connectivity index (χ2n) is 7.30. The number of carbonyl (C=O) groups is 1. The standard InChI is InChI=1S/C21H21F3N6O2/c1-32-9-8-25-19(31)18-15-7-2-4-12-11-26-20(28-16(12)17(15)29-30-18)27-14-6-3-5-13(10-14)21(22,23)24/h3,5-6,10-11H,2,4,7-9H2,1H3,(H,25,31)(H,29,30)(H,26,27,28). The van der Waals surface area contributed by atoms with Crippen molar-refractivity contribution < 1.29 is 22.7 Å². The Morgan fingerprint density at radius 1 is 1.25 bits per heavy atom. The molecule has 32 heavy (non-hydrogen) atoms. The SMILES string of the molecule is COCCNC(=O)c1[nH]nc2c1CCCc1cnc(Nc3cccc(C(F)(F)F)c3)nc1-2. The highest BCUT2D eigenvalue weighted by Gasteiger charge is 2.30. The van der Waals surface area contributed by atoms with E-state index in [0.29, 0.717) is 43.1 Å². The van der Waals surface area contributed by atoms with Gasteiger partial charge >= 0.3 is 6.18 Å². The van der Waals surface area contributed by atoms with Crippen molar-refractivity contribution >= 4 is 17.5 Å². The minimum Gasteiger partial charge on any atom is -0.383 e. The quantitative estimate of drug-likeness (QED) is 0.501. The minimum atomic E-state index is -4.45. The van der Waals surface area contributed by atoms with Crippen LogP contribution in [-0.2, 0) is 23.8 Å². The molecule has 0 spiro atoms. The molecule has 0 bridgehead atoms. The lowest BCUT2D eigenvalue weighted by Crippen LogP contribution is -2.28. The van der Waals surface area contributed by atoms with Crippen LogP contribution in [0, 0.1) is 0 Å². The summed E-state index contributed by atoms with van der Waals surface area (Å²) in [5.74, 6) is -0.138. The van der Waals surface area contributed by atoms with Gasteiger partial charge < -0.3 is 15.4 Å². The topological polar surface area (TPSA) is 105 Å². The van der Waals surface area contributed by atoms with Crippen LogP contribution in [0.3, 0.4) is 0 Å². The third-order valence-corrected chi connectivity index (χ3v) is 5.09. The average Bonchev–Trinajstić information content (AvgIpc) is 3.10. The molecule has 3 N–H and O–H groups in total. The molecule has 0 saturated heterocycles. The molecule has 0 unspecified atom stereocenters. The number of nitrogens with one attached hydrogen (secondary N) is 3. The highest BCUT2D eigenvalue weighted by Crippen LogP contribution is 2.33. The summed E-state index contributed by atoms with van der Waals surface area (Å²) in [5.41, 5.74) is 2.52. The lowest BCUT2D eigenvalue weighted by Gasteiger charge is -2.11. The molecule has 0 saturated carbocycles. The van der Waals surface area contributed by atoms with E-state index in [2.05, 4.69) is 30.8 Å². The van der Waals surface area contributed by atoms with Crippen LogP contribution < -0.4 is 10.6 Å². The van der Waals surface area contributed by atoms with Crippen molar-refractivity contribution in [3.8, 4) is 11.4 Å². The molecule has 168 valence electrons. The van der Waals surface area contributed by atoms with Crippen LogP contribution in [0.4, 0.5) is 24.8 Å². The first-order valence-electron chi connectivity index (χ1n) is 10.0. The number of aromatic amines is 1. The molecule has 1 aromatic carbocycles. The number of anilines is 2. The Balaban J connectivity index is 1.63. The van der Waals surface area contributed by atoms with Crippen LogP contribution in [-0.4, -0.2) is 46.3 Å². The summed E-state index contributed by atoms with van der Waals surface area (Å²) < 4.78 is 43.9. The van der Waals surface area contributed by atoms with E-state index in [1.807, 2.05) is 0 Å². The van der Waals surface area contributed by atoms with Crippen molar-refractivity contribution in [3.05, 3.63) is 52.8 Å². The highest BCUT2D eigenvalue weighted by atomic mass is 19.4.